The summed E-state index contributed by atoms with van der Waals surface area (Å²) in [5.74, 6) is -25.8. The van der Waals surface area contributed by atoms with Crippen molar-refractivity contribution >= 4 is 5.91 Å². The van der Waals surface area contributed by atoms with E-state index in [1.807, 2.05) is 4.74 Å². The molecule has 0 aromatic carbocycles. The number of carbonyl (C=O) groups is 1. The molecule has 21 heteroatoms. The first kappa shape index (κ1) is 32.2. The number of hydrogen-bond donors (Lipinski definition) is 0. The Bertz CT molecular complexity index is 726. The zero-order valence-electron chi connectivity index (χ0n) is 16.0. The highest BCUT2D eigenvalue weighted by molar-refractivity contribution is 5.84. The molecule has 204 valence electrons. The molecule has 0 spiro atoms. The smallest absolute Gasteiger partial charge is 0.338 e. The molecule has 0 aromatic rings. The summed E-state index contributed by atoms with van der Waals surface area (Å²) < 4.78 is 224. The van der Waals surface area contributed by atoms with Crippen LogP contribution in [-0.4, -0.2) is 72.3 Å². The zero-order valence-corrected chi connectivity index (χ0v) is 16.0. The lowest BCUT2D eigenvalue weighted by Gasteiger charge is -2.40. The van der Waals surface area contributed by atoms with E-state index in [0.29, 0.717) is 0 Å². The van der Waals surface area contributed by atoms with Crippen LogP contribution < -0.4 is 0 Å². The van der Waals surface area contributed by atoms with Gasteiger partial charge in [0.2, 0.25) is 0 Å². The van der Waals surface area contributed by atoms with Crippen molar-refractivity contribution in [1.29, 1.82) is 0 Å². The van der Waals surface area contributed by atoms with Crippen molar-refractivity contribution in [2.75, 3.05) is 13.1 Å². The number of alkyl halides is 17. The van der Waals surface area contributed by atoms with E-state index in [-0.39, 0.29) is 4.90 Å². The van der Waals surface area contributed by atoms with Gasteiger partial charge in [0, 0.05) is 13.1 Å². The first-order valence-corrected chi connectivity index (χ1v) is 8.00. The summed E-state index contributed by atoms with van der Waals surface area (Å²) >= 11 is 0. The van der Waals surface area contributed by atoms with Gasteiger partial charge in [0.1, 0.15) is 0 Å². The van der Waals surface area contributed by atoms with E-state index >= 15 is 0 Å². The van der Waals surface area contributed by atoms with E-state index in [9.17, 15) is 79.4 Å². The summed E-state index contributed by atoms with van der Waals surface area (Å²) in [6, 6.07) is 0. The van der Waals surface area contributed by atoms with E-state index < -0.39 is 67.4 Å². The molecule has 0 aliphatic rings. The first-order chi connectivity index (χ1) is 14.6. The van der Waals surface area contributed by atoms with Crippen LogP contribution in [0.3, 0.4) is 0 Å². The molecule has 0 rings (SSSR count). The topological polar surface area (TPSA) is 38.8 Å². The second kappa shape index (κ2) is 9.01. The molecule has 34 heavy (non-hydrogen) atoms. The summed E-state index contributed by atoms with van der Waals surface area (Å²) in [5.41, 5.74) is 0. The third-order valence-electron chi connectivity index (χ3n) is 3.69. The van der Waals surface area contributed by atoms with Crippen LogP contribution in [0.4, 0.5) is 74.6 Å². The maximum Gasteiger partial charge on any atom is 0.462 e. The van der Waals surface area contributed by atoms with Crippen LogP contribution in [0.1, 0.15) is 13.8 Å². The number of nitrogens with zero attached hydrogens (tertiary/aromatic N) is 1. The fourth-order valence-electron chi connectivity index (χ4n) is 1.87. The molecule has 0 heterocycles. The van der Waals surface area contributed by atoms with Crippen LogP contribution in [0.2, 0.25) is 0 Å². The van der Waals surface area contributed by atoms with Gasteiger partial charge in [-0.2, -0.15) is 74.6 Å². The Morgan fingerprint density at radius 1 is 0.588 bits per heavy atom. The summed E-state index contributed by atoms with van der Waals surface area (Å²) in [7, 11) is 0. The molecule has 0 aliphatic carbocycles. The van der Waals surface area contributed by atoms with Crippen molar-refractivity contribution in [3.05, 3.63) is 0 Å². The molecule has 0 bridgehead atoms. The van der Waals surface area contributed by atoms with E-state index in [1.165, 1.54) is 4.74 Å². The minimum atomic E-state index is -8.01. The van der Waals surface area contributed by atoms with Crippen molar-refractivity contribution in [3.63, 3.8) is 0 Å². The molecule has 2 atom stereocenters. The van der Waals surface area contributed by atoms with Crippen molar-refractivity contribution in [1.82, 2.24) is 4.90 Å². The lowest BCUT2D eigenvalue weighted by molar-refractivity contribution is -0.548. The maximum atomic E-state index is 14.3. The van der Waals surface area contributed by atoms with Crippen molar-refractivity contribution < 1.29 is 88.9 Å². The predicted molar refractivity (Wildman–Crippen MR) is 70.8 cm³/mol. The average Bonchev–Trinajstić information content (AvgIpc) is 2.58. The third-order valence-corrected chi connectivity index (χ3v) is 3.69. The zero-order chi connectivity index (χ0) is 28.0. The fourth-order valence-corrected chi connectivity index (χ4v) is 1.87. The molecule has 4 nitrogen and oxygen atoms in total. The number of likely N-dealkylation sites (N-methyl/N-ethyl adjacent to an activating group) is 1. The number of carbonyl (C=O) groups excluding carboxylic acids is 1. The van der Waals surface area contributed by atoms with Crippen LogP contribution in [0.25, 0.3) is 0 Å². The SMILES string of the molecule is CCN(CC)C(=O)[C@@](F)(OC(F)(F)[C@@](F)(OC(F)(F)C(F)(F)C(F)(F)F)C(F)(F)F)C(F)(F)F. The normalized spacial score (nSPS) is 18.3. The van der Waals surface area contributed by atoms with Crippen LogP contribution in [-0.2, 0) is 14.3 Å². The Morgan fingerprint density at radius 3 is 1.24 bits per heavy atom. The Balaban J connectivity index is 6.85. The highest BCUT2D eigenvalue weighted by atomic mass is 19.4. The van der Waals surface area contributed by atoms with E-state index in [1.54, 1.807) is 0 Å². The monoisotopic (exact) mass is 551 g/mol. The van der Waals surface area contributed by atoms with Crippen LogP contribution in [0.5, 0.6) is 0 Å². The Labute approximate surface area is 176 Å². The number of ether oxygens (including phenoxy) is 2. The van der Waals surface area contributed by atoms with Gasteiger partial charge in [-0.05, 0) is 13.8 Å². The van der Waals surface area contributed by atoms with Crippen LogP contribution in [0.15, 0.2) is 0 Å². The predicted octanol–water partition coefficient (Wildman–Crippen LogP) is 5.73. The molecule has 0 radical (unpaired) electrons. The Morgan fingerprint density at radius 2 is 0.971 bits per heavy atom. The van der Waals surface area contributed by atoms with E-state index in [4.69, 9.17) is 0 Å². The first-order valence-electron chi connectivity index (χ1n) is 8.00. The second-order valence-corrected chi connectivity index (χ2v) is 5.97. The molecule has 0 unspecified atom stereocenters. The molecule has 0 N–H and O–H groups in total. The highest BCUT2D eigenvalue weighted by Gasteiger charge is 2.85. The molecule has 0 saturated carbocycles. The average molecular weight is 551 g/mol. The largest absolute Gasteiger partial charge is 0.462 e. The summed E-state index contributed by atoms with van der Waals surface area (Å²) in [6.45, 7) is -0.459. The molecule has 0 fully saturated rings. The molecular weight excluding hydrogens is 541 g/mol. The second-order valence-electron chi connectivity index (χ2n) is 5.97. The number of halogens is 17. The molecule has 0 saturated heterocycles. The third kappa shape index (κ3) is 5.38. The lowest BCUT2D eigenvalue weighted by atomic mass is 10.2. The van der Waals surface area contributed by atoms with Gasteiger partial charge in [0.15, 0.2) is 0 Å². The van der Waals surface area contributed by atoms with E-state index in [0.717, 1.165) is 13.8 Å². The van der Waals surface area contributed by atoms with Gasteiger partial charge in [-0.1, -0.05) is 0 Å². The minimum Gasteiger partial charge on any atom is -0.338 e. The van der Waals surface area contributed by atoms with Gasteiger partial charge in [0.05, 0.1) is 0 Å². The Hall–Kier alpha value is -1.80. The van der Waals surface area contributed by atoms with E-state index in [2.05, 4.69) is 0 Å². The van der Waals surface area contributed by atoms with Crippen LogP contribution in [0, 0.1) is 0 Å². The fraction of sp³-hybridized carbons (Fsp3) is 0.923. The van der Waals surface area contributed by atoms with Crippen molar-refractivity contribution in [3.8, 4) is 0 Å². The quantitative estimate of drug-likeness (QED) is 0.344. The summed E-state index contributed by atoms with van der Waals surface area (Å²) in [4.78, 5) is 11.2. The van der Waals surface area contributed by atoms with Gasteiger partial charge in [-0.15, -0.1) is 0 Å². The maximum absolute atomic E-state index is 14.3. The molecule has 0 aliphatic heterocycles. The number of amides is 1. The van der Waals surface area contributed by atoms with Gasteiger partial charge in [-0.3, -0.25) is 14.3 Å². The van der Waals surface area contributed by atoms with Crippen LogP contribution >= 0.6 is 0 Å². The number of rotatable bonds is 9. The van der Waals surface area contributed by atoms with Gasteiger partial charge in [-0.25, -0.2) is 0 Å². The number of hydrogen-bond acceptors (Lipinski definition) is 3. The summed E-state index contributed by atoms with van der Waals surface area (Å²) in [5, 5.41) is 0. The Kier molecular flexibility index (Phi) is 8.53. The van der Waals surface area contributed by atoms with Crippen molar-refractivity contribution in [2.24, 2.45) is 0 Å². The van der Waals surface area contributed by atoms with Crippen molar-refractivity contribution in [2.45, 2.75) is 62.2 Å². The molecular formula is C13H10F17NO3. The minimum absolute atomic E-state index is 0.371. The van der Waals surface area contributed by atoms with Gasteiger partial charge < -0.3 is 4.90 Å². The standard InChI is InChI=1S/C13H10F17NO3/c1-3-31(4-2)5(32)6(14,9(18,19)20)33-13(29,30)8(17,11(24,25)26)34-12(27,28)7(15,16)10(21,22)23/h3-4H2,1-2H3/t6-,8+/m1/s1. The molecule has 0 aromatic heterocycles. The highest BCUT2D eigenvalue weighted by Crippen LogP contribution is 2.56. The molecule has 1 amide bonds. The lowest BCUT2D eigenvalue weighted by Crippen LogP contribution is -2.69. The van der Waals surface area contributed by atoms with Gasteiger partial charge in [0.25, 0.3) is 5.91 Å². The van der Waals surface area contributed by atoms with Gasteiger partial charge >= 0.3 is 48.4 Å². The summed E-state index contributed by atoms with van der Waals surface area (Å²) in [6.07, 6.45) is -38.3.